The zero-order chi connectivity index (χ0) is 9.97. The van der Waals surface area contributed by atoms with Crippen molar-refractivity contribution >= 4 is 28.4 Å². The highest BCUT2D eigenvalue weighted by Gasteiger charge is 1.98. The van der Waals surface area contributed by atoms with E-state index in [0.29, 0.717) is 0 Å². The van der Waals surface area contributed by atoms with E-state index in [1.165, 1.54) is 0 Å². The van der Waals surface area contributed by atoms with Gasteiger partial charge in [-0.15, -0.1) is 0 Å². The minimum Gasteiger partial charge on any atom is -0.399 e. The molecule has 0 spiro atoms. The van der Waals surface area contributed by atoms with Crippen molar-refractivity contribution in [3.05, 3.63) is 40.6 Å². The van der Waals surface area contributed by atoms with E-state index in [-0.39, 0.29) is 0 Å². The highest BCUT2D eigenvalue weighted by Crippen LogP contribution is 2.23. The largest absolute Gasteiger partial charge is 0.399 e. The predicted octanol–water partition coefficient (Wildman–Crippen LogP) is 3.38. The monoisotopic (exact) mass is 204 g/mol. The van der Waals surface area contributed by atoms with Crippen molar-refractivity contribution in [3.63, 3.8) is 0 Å². The van der Waals surface area contributed by atoms with Gasteiger partial charge >= 0.3 is 0 Å². The molecule has 0 bridgehead atoms. The van der Waals surface area contributed by atoms with Crippen LogP contribution >= 0.6 is 11.3 Å². The van der Waals surface area contributed by atoms with Crippen LogP contribution in [-0.2, 0) is 0 Å². The molecule has 72 valence electrons. The molecule has 0 saturated heterocycles. The number of thiophene rings is 1. The van der Waals surface area contributed by atoms with E-state index >= 15 is 0 Å². The molecule has 0 aliphatic rings. The van der Waals surface area contributed by atoms with E-state index in [9.17, 15) is 0 Å². The standard InChI is InChI=1S/C11H12N2S/c1-8-6-9(12)2-3-11(8)13-10-4-5-14-7-10/h2-7,13H,12H2,1H3. The SMILES string of the molecule is Cc1cc(N)ccc1Nc1ccsc1. The summed E-state index contributed by atoms with van der Waals surface area (Å²) in [4.78, 5) is 0. The Morgan fingerprint density at radius 2 is 2.14 bits per heavy atom. The van der Waals surface area contributed by atoms with Crippen LogP contribution < -0.4 is 11.1 Å². The van der Waals surface area contributed by atoms with E-state index in [4.69, 9.17) is 5.73 Å². The number of aryl methyl sites for hydroxylation is 1. The highest BCUT2D eigenvalue weighted by molar-refractivity contribution is 7.08. The van der Waals surface area contributed by atoms with Crippen LogP contribution in [0.25, 0.3) is 0 Å². The van der Waals surface area contributed by atoms with Gasteiger partial charge in [0, 0.05) is 22.4 Å². The molecule has 2 nitrogen and oxygen atoms in total. The molecule has 0 saturated carbocycles. The second-order valence-electron chi connectivity index (χ2n) is 3.21. The Hall–Kier alpha value is -1.48. The first-order valence-electron chi connectivity index (χ1n) is 4.41. The Bertz CT molecular complexity index is 421. The lowest BCUT2D eigenvalue weighted by Crippen LogP contribution is -1.93. The Morgan fingerprint density at radius 3 is 2.79 bits per heavy atom. The van der Waals surface area contributed by atoms with Crippen LogP contribution in [-0.4, -0.2) is 0 Å². The lowest BCUT2D eigenvalue weighted by molar-refractivity contribution is 1.44. The van der Waals surface area contributed by atoms with Crippen LogP contribution in [0.4, 0.5) is 17.1 Å². The zero-order valence-corrected chi connectivity index (χ0v) is 8.77. The molecule has 3 N–H and O–H groups in total. The third-order valence-corrected chi connectivity index (χ3v) is 2.73. The zero-order valence-electron chi connectivity index (χ0n) is 7.95. The Kier molecular flexibility index (Phi) is 2.41. The normalized spacial score (nSPS) is 10.1. The molecule has 1 heterocycles. The van der Waals surface area contributed by atoms with Crippen LogP contribution in [0, 0.1) is 6.92 Å². The van der Waals surface area contributed by atoms with E-state index in [0.717, 1.165) is 22.6 Å². The van der Waals surface area contributed by atoms with Crippen molar-refractivity contribution in [2.24, 2.45) is 0 Å². The summed E-state index contributed by atoms with van der Waals surface area (Å²) in [6, 6.07) is 7.93. The van der Waals surface area contributed by atoms with E-state index in [1.54, 1.807) is 11.3 Å². The van der Waals surface area contributed by atoms with Gasteiger partial charge in [0.05, 0.1) is 0 Å². The second-order valence-corrected chi connectivity index (χ2v) is 3.99. The van der Waals surface area contributed by atoms with Crippen LogP contribution in [0.1, 0.15) is 5.56 Å². The fraction of sp³-hybridized carbons (Fsp3) is 0.0909. The highest BCUT2D eigenvalue weighted by atomic mass is 32.1. The molecule has 14 heavy (non-hydrogen) atoms. The molecular weight excluding hydrogens is 192 g/mol. The number of hydrogen-bond donors (Lipinski definition) is 2. The van der Waals surface area contributed by atoms with Gasteiger partial charge in [-0.3, -0.25) is 0 Å². The smallest absolute Gasteiger partial charge is 0.0492 e. The van der Waals surface area contributed by atoms with Gasteiger partial charge in [-0.25, -0.2) is 0 Å². The van der Waals surface area contributed by atoms with Crippen molar-refractivity contribution in [3.8, 4) is 0 Å². The maximum absolute atomic E-state index is 5.68. The quantitative estimate of drug-likeness (QED) is 0.736. The van der Waals surface area contributed by atoms with Crippen LogP contribution in [0.3, 0.4) is 0 Å². The minimum absolute atomic E-state index is 0.804. The lowest BCUT2D eigenvalue weighted by Gasteiger charge is -2.08. The fourth-order valence-corrected chi connectivity index (χ4v) is 1.91. The maximum atomic E-state index is 5.68. The number of benzene rings is 1. The third-order valence-electron chi connectivity index (χ3n) is 2.05. The van der Waals surface area contributed by atoms with Crippen molar-refractivity contribution in [2.75, 3.05) is 11.1 Å². The summed E-state index contributed by atoms with van der Waals surface area (Å²) >= 11 is 1.68. The maximum Gasteiger partial charge on any atom is 0.0492 e. The van der Waals surface area contributed by atoms with Gasteiger partial charge in [0.15, 0.2) is 0 Å². The summed E-state index contributed by atoms with van der Waals surface area (Å²) in [7, 11) is 0. The summed E-state index contributed by atoms with van der Waals surface area (Å²) in [6.45, 7) is 2.05. The summed E-state index contributed by atoms with van der Waals surface area (Å²) in [5, 5.41) is 7.46. The van der Waals surface area contributed by atoms with E-state index < -0.39 is 0 Å². The predicted molar refractivity (Wildman–Crippen MR) is 63.2 cm³/mol. The molecule has 0 aliphatic heterocycles. The number of hydrogen-bond acceptors (Lipinski definition) is 3. The summed E-state index contributed by atoms with van der Waals surface area (Å²) < 4.78 is 0. The van der Waals surface area contributed by atoms with Crippen molar-refractivity contribution in [2.45, 2.75) is 6.92 Å². The molecule has 0 aliphatic carbocycles. The molecule has 0 radical (unpaired) electrons. The number of rotatable bonds is 2. The van der Waals surface area contributed by atoms with Crippen molar-refractivity contribution in [1.29, 1.82) is 0 Å². The lowest BCUT2D eigenvalue weighted by atomic mass is 10.2. The average Bonchev–Trinajstić information content (AvgIpc) is 2.62. The minimum atomic E-state index is 0.804. The van der Waals surface area contributed by atoms with Gasteiger partial charge in [-0.05, 0) is 42.1 Å². The number of nitrogens with one attached hydrogen (secondary N) is 1. The summed E-state index contributed by atoms with van der Waals surface area (Å²) in [5.41, 5.74) is 9.88. The molecule has 3 heteroatoms. The Balaban J connectivity index is 2.25. The molecule has 0 amide bonds. The topological polar surface area (TPSA) is 38.0 Å². The summed E-state index contributed by atoms with van der Waals surface area (Å²) in [5.74, 6) is 0. The van der Waals surface area contributed by atoms with Crippen molar-refractivity contribution in [1.82, 2.24) is 0 Å². The van der Waals surface area contributed by atoms with Crippen LogP contribution in [0.5, 0.6) is 0 Å². The molecule has 0 fully saturated rings. The third kappa shape index (κ3) is 1.88. The Morgan fingerprint density at radius 1 is 1.29 bits per heavy atom. The second kappa shape index (κ2) is 3.72. The molecule has 0 unspecified atom stereocenters. The van der Waals surface area contributed by atoms with Crippen LogP contribution in [0.15, 0.2) is 35.0 Å². The number of nitrogen functional groups attached to an aromatic ring is 1. The Labute approximate surface area is 87.4 Å². The van der Waals surface area contributed by atoms with Crippen LogP contribution in [0.2, 0.25) is 0 Å². The molecule has 2 aromatic rings. The molecule has 1 aromatic carbocycles. The van der Waals surface area contributed by atoms with Gasteiger partial charge < -0.3 is 11.1 Å². The van der Waals surface area contributed by atoms with Gasteiger partial charge in [-0.2, -0.15) is 11.3 Å². The fourth-order valence-electron chi connectivity index (χ4n) is 1.32. The first kappa shape index (κ1) is 9.09. The number of nitrogens with two attached hydrogens (primary N) is 1. The van der Waals surface area contributed by atoms with E-state index in [2.05, 4.69) is 22.1 Å². The molecule has 1 aromatic heterocycles. The van der Waals surface area contributed by atoms with Gasteiger partial charge in [0.2, 0.25) is 0 Å². The molecule has 2 rings (SSSR count). The van der Waals surface area contributed by atoms with Crippen molar-refractivity contribution < 1.29 is 0 Å². The molecule has 0 atom stereocenters. The summed E-state index contributed by atoms with van der Waals surface area (Å²) in [6.07, 6.45) is 0. The first-order chi connectivity index (χ1) is 6.75. The van der Waals surface area contributed by atoms with Gasteiger partial charge in [0.25, 0.3) is 0 Å². The van der Waals surface area contributed by atoms with E-state index in [1.807, 2.05) is 25.1 Å². The average molecular weight is 204 g/mol. The molecular formula is C11H12N2S. The first-order valence-corrected chi connectivity index (χ1v) is 5.35. The van der Waals surface area contributed by atoms with Gasteiger partial charge in [0.1, 0.15) is 0 Å². The van der Waals surface area contributed by atoms with Gasteiger partial charge in [-0.1, -0.05) is 0 Å². The number of anilines is 3.